The van der Waals surface area contributed by atoms with Gasteiger partial charge in [-0.3, -0.25) is 4.57 Å². The predicted octanol–water partition coefficient (Wildman–Crippen LogP) is 2.68. The van der Waals surface area contributed by atoms with Gasteiger partial charge in [0.05, 0.1) is 23.9 Å². The molecule has 168 valence electrons. The van der Waals surface area contributed by atoms with E-state index in [1.165, 1.54) is 13.2 Å². The molecule has 0 atom stereocenters. The molecule has 4 aromatic rings. The monoisotopic (exact) mass is 457 g/mol. The van der Waals surface area contributed by atoms with Gasteiger partial charge in [-0.25, -0.2) is 13.6 Å². The molecule has 2 heterocycles. The standard InChI is InChI=1S/C21H23N5O5S/c1-12(2)25-8-7-13-15(25)5-4-6-16(13)26-20(11-32(22,29)30)23-24-21(26)14-9-19(31-3)18(28)10-17(14)27/h4-10,12,27-28H,11H2,1-3H3,(H2,22,29,30). The topological polar surface area (TPSA) is 145 Å². The molecule has 0 radical (unpaired) electrons. The number of aromatic hydroxyl groups is 2. The maximum absolute atomic E-state index is 11.9. The summed E-state index contributed by atoms with van der Waals surface area (Å²) in [6.45, 7) is 4.12. The Hall–Kier alpha value is -3.57. The molecule has 0 spiro atoms. The summed E-state index contributed by atoms with van der Waals surface area (Å²) in [5.74, 6) is -0.712. The number of sulfonamides is 1. The first-order valence-electron chi connectivity index (χ1n) is 9.75. The van der Waals surface area contributed by atoms with Crippen LogP contribution in [0.25, 0.3) is 28.0 Å². The normalized spacial score (nSPS) is 12.0. The number of aromatic nitrogens is 4. The number of ether oxygens (including phenoxy) is 1. The quantitative estimate of drug-likeness (QED) is 0.403. The number of fused-ring (bicyclic) bond motifs is 1. The molecule has 32 heavy (non-hydrogen) atoms. The van der Waals surface area contributed by atoms with Crippen LogP contribution in [0, 0.1) is 0 Å². The molecule has 2 aromatic heterocycles. The number of hydrogen-bond acceptors (Lipinski definition) is 7. The van der Waals surface area contributed by atoms with Crippen molar-refractivity contribution in [2.24, 2.45) is 5.14 Å². The van der Waals surface area contributed by atoms with E-state index in [0.717, 1.165) is 17.0 Å². The van der Waals surface area contributed by atoms with Crippen molar-refractivity contribution in [1.82, 2.24) is 19.3 Å². The lowest BCUT2D eigenvalue weighted by Gasteiger charge is -2.15. The van der Waals surface area contributed by atoms with Crippen LogP contribution in [0.5, 0.6) is 17.2 Å². The van der Waals surface area contributed by atoms with Gasteiger partial charge >= 0.3 is 0 Å². The van der Waals surface area contributed by atoms with Gasteiger partial charge < -0.3 is 19.5 Å². The first-order valence-corrected chi connectivity index (χ1v) is 11.5. The molecular formula is C21H23N5O5S. The summed E-state index contributed by atoms with van der Waals surface area (Å²) in [7, 11) is -2.55. The number of methoxy groups -OCH3 is 1. The van der Waals surface area contributed by atoms with E-state index in [-0.39, 0.29) is 40.5 Å². The zero-order chi connectivity index (χ0) is 23.2. The molecule has 11 heteroatoms. The Kier molecular flexibility index (Phi) is 5.31. The third kappa shape index (κ3) is 3.76. The van der Waals surface area contributed by atoms with Crippen LogP contribution < -0.4 is 9.88 Å². The first-order chi connectivity index (χ1) is 15.1. The van der Waals surface area contributed by atoms with Gasteiger partial charge in [0.1, 0.15) is 11.5 Å². The van der Waals surface area contributed by atoms with Crippen molar-refractivity contribution in [3.05, 3.63) is 48.4 Å². The van der Waals surface area contributed by atoms with Gasteiger partial charge in [-0.15, -0.1) is 10.2 Å². The van der Waals surface area contributed by atoms with Crippen molar-refractivity contribution in [1.29, 1.82) is 0 Å². The van der Waals surface area contributed by atoms with Crippen molar-refractivity contribution in [3.63, 3.8) is 0 Å². The minimum absolute atomic E-state index is 0.0822. The first kappa shape index (κ1) is 21.7. The third-order valence-electron chi connectivity index (χ3n) is 5.14. The van der Waals surface area contributed by atoms with Crippen LogP contribution in [-0.2, 0) is 15.8 Å². The van der Waals surface area contributed by atoms with Crippen molar-refractivity contribution in [2.45, 2.75) is 25.6 Å². The van der Waals surface area contributed by atoms with Crippen molar-refractivity contribution in [3.8, 4) is 34.3 Å². The number of nitrogens with two attached hydrogens (primary N) is 1. The molecule has 2 aromatic carbocycles. The van der Waals surface area contributed by atoms with Crippen LogP contribution in [0.1, 0.15) is 25.7 Å². The van der Waals surface area contributed by atoms with Crippen LogP contribution in [0.4, 0.5) is 0 Å². The van der Waals surface area contributed by atoms with Crippen LogP contribution >= 0.6 is 0 Å². The van der Waals surface area contributed by atoms with E-state index in [1.54, 1.807) is 10.6 Å². The minimum atomic E-state index is -3.92. The van der Waals surface area contributed by atoms with E-state index in [2.05, 4.69) is 28.6 Å². The number of nitrogens with zero attached hydrogens (tertiary/aromatic N) is 4. The van der Waals surface area contributed by atoms with E-state index in [0.29, 0.717) is 5.69 Å². The van der Waals surface area contributed by atoms with Gasteiger partial charge in [0.25, 0.3) is 0 Å². The molecule has 0 unspecified atom stereocenters. The predicted molar refractivity (Wildman–Crippen MR) is 119 cm³/mol. The Morgan fingerprint density at radius 1 is 1.12 bits per heavy atom. The third-order valence-corrected chi connectivity index (χ3v) is 5.80. The lowest BCUT2D eigenvalue weighted by Crippen LogP contribution is -2.17. The maximum Gasteiger partial charge on any atom is 0.216 e. The summed E-state index contributed by atoms with van der Waals surface area (Å²) in [5.41, 5.74) is 1.76. The van der Waals surface area contributed by atoms with Gasteiger partial charge in [-0.05, 0) is 38.1 Å². The number of phenols is 2. The SMILES string of the molecule is COc1cc(-c2nnc(CS(N)(=O)=O)n2-c2cccc3c2ccn3C(C)C)c(O)cc1O. The number of rotatable bonds is 6. The number of primary sulfonamides is 1. The summed E-state index contributed by atoms with van der Waals surface area (Å²) in [6, 6.07) is 10.3. The summed E-state index contributed by atoms with van der Waals surface area (Å²) in [6.07, 6.45) is 1.95. The highest BCUT2D eigenvalue weighted by Gasteiger charge is 2.24. The fourth-order valence-electron chi connectivity index (χ4n) is 3.74. The van der Waals surface area contributed by atoms with Gasteiger partial charge in [0.2, 0.25) is 10.0 Å². The fraction of sp³-hybridized carbons (Fsp3) is 0.238. The van der Waals surface area contributed by atoms with E-state index in [4.69, 9.17) is 9.88 Å². The van der Waals surface area contributed by atoms with Crippen molar-refractivity contribution < 1.29 is 23.4 Å². The number of benzene rings is 2. The van der Waals surface area contributed by atoms with E-state index in [9.17, 15) is 18.6 Å². The fourth-order valence-corrected chi connectivity index (χ4v) is 4.28. The smallest absolute Gasteiger partial charge is 0.216 e. The summed E-state index contributed by atoms with van der Waals surface area (Å²) in [5, 5.41) is 34.8. The average Bonchev–Trinajstić information content (AvgIpc) is 3.31. The Bertz CT molecular complexity index is 1420. The Labute approximate surface area is 184 Å². The highest BCUT2D eigenvalue weighted by atomic mass is 32.2. The highest BCUT2D eigenvalue weighted by Crippen LogP contribution is 2.40. The second-order valence-electron chi connectivity index (χ2n) is 7.65. The summed E-state index contributed by atoms with van der Waals surface area (Å²) < 4.78 is 32.6. The molecule has 0 fully saturated rings. The molecular weight excluding hydrogens is 434 g/mol. The number of hydrogen-bond donors (Lipinski definition) is 3. The molecule has 0 aliphatic rings. The largest absolute Gasteiger partial charge is 0.507 e. The van der Waals surface area contributed by atoms with E-state index >= 15 is 0 Å². The van der Waals surface area contributed by atoms with Gasteiger partial charge in [0.15, 0.2) is 23.1 Å². The maximum atomic E-state index is 11.9. The van der Waals surface area contributed by atoms with Crippen molar-refractivity contribution in [2.75, 3.05) is 7.11 Å². The highest BCUT2D eigenvalue weighted by molar-refractivity contribution is 7.88. The van der Waals surface area contributed by atoms with Crippen molar-refractivity contribution >= 4 is 20.9 Å². The van der Waals surface area contributed by atoms with Gasteiger partial charge in [-0.1, -0.05) is 6.07 Å². The molecule has 4 N–H and O–H groups in total. The van der Waals surface area contributed by atoms with Gasteiger partial charge in [0, 0.05) is 23.7 Å². The Morgan fingerprint density at radius 2 is 1.88 bits per heavy atom. The zero-order valence-corrected chi connectivity index (χ0v) is 18.5. The average molecular weight is 458 g/mol. The Balaban J connectivity index is 2.04. The molecule has 0 bridgehead atoms. The zero-order valence-electron chi connectivity index (χ0n) is 17.7. The molecule has 0 amide bonds. The second kappa shape index (κ2) is 7.84. The van der Waals surface area contributed by atoms with Crippen LogP contribution in [0.15, 0.2) is 42.6 Å². The van der Waals surface area contributed by atoms with Crippen LogP contribution in [0.2, 0.25) is 0 Å². The lowest BCUT2D eigenvalue weighted by atomic mass is 10.1. The lowest BCUT2D eigenvalue weighted by molar-refractivity contribution is 0.370. The molecule has 4 rings (SSSR count). The van der Waals surface area contributed by atoms with Gasteiger partial charge in [-0.2, -0.15) is 0 Å². The second-order valence-corrected chi connectivity index (χ2v) is 9.26. The summed E-state index contributed by atoms with van der Waals surface area (Å²) in [4.78, 5) is 0. The molecule has 0 aliphatic heterocycles. The van der Waals surface area contributed by atoms with E-state index in [1.807, 2.05) is 24.4 Å². The van der Waals surface area contributed by atoms with E-state index < -0.39 is 15.8 Å². The molecule has 0 saturated carbocycles. The summed E-state index contributed by atoms with van der Waals surface area (Å²) >= 11 is 0. The number of phenolic OH excluding ortho intramolecular Hbond substituents is 2. The molecule has 10 nitrogen and oxygen atoms in total. The van der Waals surface area contributed by atoms with Crippen LogP contribution in [0.3, 0.4) is 0 Å². The molecule has 0 aliphatic carbocycles. The molecule has 0 saturated heterocycles. The van der Waals surface area contributed by atoms with Crippen LogP contribution in [-0.4, -0.2) is 45.1 Å². The Morgan fingerprint density at radius 3 is 2.53 bits per heavy atom. The minimum Gasteiger partial charge on any atom is -0.507 e.